The Morgan fingerprint density at radius 2 is 1.89 bits per heavy atom. The Morgan fingerprint density at radius 1 is 1.17 bits per heavy atom. The van der Waals surface area contributed by atoms with Gasteiger partial charge in [0.15, 0.2) is 0 Å². The summed E-state index contributed by atoms with van der Waals surface area (Å²) < 4.78 is 0. The lowest BCUT2D eigenvalue weighted by Gasteiger charge is -2.11. The van der Waals surface area contributed by atoms with Gasteiger partial charge in [0, 0.05) is 11.3 Å². The van der Waals surface area contributed by atoms with E-state index in [1.54, 1.807) is 6.07 Å². The van der Waals surface area contributed by atoms with Gasteiger partial charge in [-0.1, -0.05) is 42.0 Å². The van der Waals surface area contributed by atoms with E-state index in [-0.39, 0.29) is 0 Å². The number of nitrogens with one attached hydrogen (secondary N) is 1. The maximum Gasteiger partial charge on any atom is 0.104 e. The van der Waals surface area contributed by atoms with E-state index >= 15 is 0 Å². The molecule has 2 nitrogen and oxygen atoms in total. The Labute approximate surface area is 117 Å². The molecule has 0 fully saturated rings. The van der Waals surface area contributed by atoms with Gasteiger partial charge in [0.1, 0.15) is 4.99 Å². The molecule has 4 heteroatoms. The first kappa shape index (κ1) is 12.9. The zero-order valence-corrected chi connectivity index (χ0v) is 11.5. The molecular formula is C14H13ClN2S. The van der Waals surface area contributed by atoms with Crippen molar-refractivity contribution < 1.29 is 0 Å². The molecule has 0 amide bonds. The first-order valence-corrected chi connectivity index (χ1v) is 6.28. The van der Waals surface area contributed by atoms with Crippen LogP contribution in [0.25, 0.3) is 0 Å². The van der Waals surface area contributed by atoms with Crippen molar-refractivity contribution >= 4 is 40.2 Å². The van der Waals surface area contributed by atoms with Gasteiger partial charge in [-0.05, 0) is 36.8 Å². The Morgan fingerprint density at radius 3 is 2.50 bits per heavy atom. The van der Waals surface area contributed by atoms with Crippen molar-refractivity contribution in [1.29, 1.82) is 0 Å². The van der Waals surface area contributed by atoms with Crippen LogP contribution in [0.5, 0.6) is 0 Å². The standard InChI is InChI=1S/C14H13ClN2S/c1-9-4-2-3-5-12(9)17-13-7-6-10(14(16)18)8-11(13)15/h2-8,17H,1H3,(H2,16,18). The monoisotopic (exact) mass is 276 g/mol. The highest BCUT2D eigenvalue weighted by Gasteiger charge is 2.05. The number of nitrogens with two attached hydrogens (primary N) is 1. The maximum absolute atomic E-state index is 6.20. The summed E-state index contributed by atoms with van der Waals surface area (Å²) >= 11 is 11.1. The van der Waals surface area contributed by atoms with Crippen LogP contribution in [0.3, 0.4) is 0 Å². The number of rotatable bonds is 3. The SMILES string of the molecule is Cc1ccccc1Nc1ccc(C(N)=S)cc1Cl. The van der Waals surface area contributed by atoms with Crippen molar-refractivity contribution in [3.8, 4) is 0 Å². The predicted molar refractivity (Wildman–Crippen MR) is 81.8 cm³/mol. The van der Waals surface area contributed by atoms with Crippen LogP contribution in [0.1, 0.15) is 11.1 Å². The molecular weight excluding hydrogens is 264 g/mol. The van der Waals surface area contributed by atoms with Crippen molar-refractivity contribution in [2.24, 2.45) is 5.73 Å². The molecule has 0 saturated carbocycles. The molecule has 2 aromatic rings. The van der Waals surface area contributed by atoms with Gasteiger partial charge in [0.2, 0.25) is 0 Å². The second-order valence-electron chi connectivity index (χ2n) is 4.00. The van der Waals surface area contributed by atoms with Crippen LogP contribution in [0.2, 0.25) is 5.02 Å². The second kappa shape index (κ2) is 5.38. The van der Waals surface area contributed by atoms with Gasteiger partial charge >= 0.3 is 0 Å². The minimum absolute atomic E-state index is 0.347. The molecule has 2 aromatic carbocycles. The normalized spacial score (nSPS) is 10.1. The highest BCUT2D eigenvalue weighted by Crippen LogP contribution is 2.27. The van der Waals surface area contributed by atoms with Crippen LogP contribution in [0, 0.1) is 6.92 Å². The number of benzene rings is 2. The minimum atomic E-state index is 0.347. The lowest BCUT2D eigenvalue weighted by atomic mass is 10.1. The number of halogens is 1. The molecule has 0 heterocycles. The fourth-order valence-corrected chi connectivity index (χ4v) is 1.98. The van der Waals surface area contributed by atoms with E-state index in [1.807, 2.05) is 43.3 Å². The van der Waals surface area contributed by atoms with Crippen molar-refractivity contribution in [2.75, 3.05) is 5.32 Å². The first-order valence-electron chi connectivity index (χ1n) is 5.50. The van der Waals surface area contributed by atoms with Crippen LogP contribution in [-0.2, 0) is 0 Å². The van der Waals surface area contributed by atoms with Gasteiger partial charge in [-0.2, -0.15) is 0 Å². The number of aryl methyl sites for hydroxylation is 1. The highest BCUT2D eigenvalue weighted by molar-refractivity contribution is 7.80. The molecule has 0 saturated heterocycles. The molecule has 3 N–H and O–H groups in total. The third-order valence-corrected chi connectivity index (χ3v) is 3.22. The predicted octanol–water partition coefficient (Wildman–Crippen LogP) is 4.03. The average molecular weight is 277 g/mol. The van der Waals surface area contributed by atoms with E-state index in [0.717, 1.165) is 22.5 Å². The fraction of sp³-hybridized carbons (Fsp3) is 0.0714. The van der Waals surface area contributed by atoms with Crippen molar-refractivity contribution in [3.05, 3.63) is 58.6 Å². The average Bonchev–Trinajstić information content (AvgIpc) is 2.34. The highest BCUT2D eigenvalue weighted by atomic mass is 35.5. The molecule has 0 radical (unpaired) electrons. The van der Waals surface area contributed by atoms with Gasteiger partial charge in [-0.25, -0.2) is 0 Å². The van der Waals surface area contributed by atoms with Crippen LogP contribution in [-0.4, -0.2) is 4.99 Å². The Balaban J connectivity index is 2.30. The van der Waals surface area contributed by atoms with Gasteiger partial charge in [-0.15, -0.1) is 0 Å². The molecule has 2 rings (SSSR count). The summed E-state index contributed by atoms with van der Waals surface area (Å²) in [6, 6.07) is 13.5. The Bertz CT molecular complexity index is 596. The zero-order chi connectivity index (χ0) is 13.1. The van der Waals surface area contributed by atoms with E-state index in [1.165, 1.54) is 0 Å². The molecule has 0 aromatic heterocycles. The third kappa shape index (κ3) is 2.81. The lowest BCUT2D eigenvalue weighted by molar-refractivity contribution is 1.43. The Kier molecular flexibility index (Phi) is 3.84. The topological polar surface area (TPSA) is 38.0 Å². The summed E-state index contributed by atoms with van der Waals surface area (Å²) in [7, 11) is 0. The fourth-order valence-electron chi connectivity index (χ4n) is 1.63. The van der Waals surface area contributed by atoms with E-state index in [9.17, 15) is 0 Å². The quantitative estimate of drug-likeness (QED) is 0.832. The molecule has 0 atom stereocenters. The number of hydrogen-bond acceptors (Lipinski definition) is 2. The molecule has 92 valence electrons. The molecule has 0 spiro atoms. The van der Waals surface area contributed by atoms with E-state index in [4.69, 9.17) is 29.6 Å². The number of hydrogen-bond donors (Lipinski definition) is 2. The lowest BCUT2D eigenvalue weighted by Crippen LogP contribution is -2.09. The van der Waals surface area contributed by atoms with Crippen LogP contribution >= 0.6 is 23.8 Å². The maximum atomic E-state index is 6.20. The summed E-state index contributed by atoms with van der Waals surface area (Å²) in [5, 5.41) is 3.89. The van der Waals surface area contributed by atoms with Crippen LogP contribution in [0.4, 0.5) is 11.4 Å². The molecule has 0 aliphatic carbocycles. The van der Waals surface area contributed by atoms with Gasteiger partial charge < -0.3 is 11.1 Å². The molecule has 0 aliphatic rings. The third-order valence-electron chi connectivity index (χ3n) is 2.67. The van der Waals surface area contributed by atoms with Crippen molar-refractivity contribution in [2.45, 2.75) is 6.92 Å². The van der Waals surface area contributed by atoms with Crippen LogP contribution < -0.4 is 11.1 Å². The minimum Gasteiger partial charge on any atom is -0.389 e. The van der Waals surface area contributed by atoms with Gasteiger partial charge in [0.25, 0.3) is 0 Å². The molecule has 0 aliphatic heterocycles. The summed E-state index contributed by atoms with van der Waals surface area (Å²) in [5.74, 6) is 0. The summed E-state index contributed by atoms with van der Waals surface area (Å²) in [6.07, 6.45) is 0. The smallest absolute Gasteiger partial charge is 0.104 e. The van der Waals surface area contributed by atoms with Crippen molar-refractivity contribution in [3.63, 3.8) is 0 Å². The first-order chi connectivity index (χ1) is 8.58. The number of thiocarbonyl (C=S) groups is 1. The zero-order valence-electron chi connectivity index (χ0n) is 9.91. The number of para-hydroxylation sites is 1. The van der Waals surface area contributed by atoms with E-state index < -0.39 is 0 Å². The Hall–Kier alpha value is -1.58. The summed E-state index contributed by atoms with van der Waals surface area (Å²) in [6.45, 7) is 2.04. The van der Waals surface area contributed by atoms with Crippen molar-refractivity contribution in [1.82, 2.24) is 0 Å². The van der Waals surface area contributed by atoms with E-state index in [0.29, 0.717) is 10.0 Å². The summed E-state index contributed by atoms with van der Waals surface area (Å²) in [5.41, 5.74) is 9.36. The van der Waals surface area contributed by atoms with Crippen LogP contribution in [0.15, 0.2) is 42.5 Å². The largest absolute Gasteiger partial charge is 0.389 e. The molecule has 18 heavy (non-hydrogen) atoms. The second-order valence-corrected chi connectivity index (χ2v) is 4.85. The van der Waals surface area contributed by atoms with E-state index in [2.05, 4.69) is 5.32 Å². The molecule has 0 bridgehead atoms. The van der Waals surface area contributed by atoms with Gasteiger partial charge in [-0.3, -0.25) is 0 Å². The molecule has 0 unspecified atom stereocenters. The summed E-state index contributed by atoms with van der Waals surface area (Å²) in [4.78, 5) is 0.347. The number of anilines is 2. The van der Waals surface area contributed by atoms with Gasteiger partial charge in [0.05, 0.1) is 10.7 Å².